The van der Waals surface area contributed by atoms with E-state index in [1.54, 1.807) is 0 Å². The molecule has 2 amide bonds. The Balaban J connectivity index is 3.09. The molecule has 2 aromatic rings. The highest BCUT2D eigenvalue weighted by Gasteiger charge is 2.39. The number of carbonyl (C=O) groups excluding carboxylic acids is 2. The van der Waals surface area contributed by atoms with Crippen molar-refractivity contribution in [2.75, 3.05) is 10.6 Å². The van der Waals surface area contributed by atoms with Gasteiger partial charge >= 0.3 is 0 Å². The summed E-state index contributed by atoms with van der Waals surface area (Å²) in [7, 11) is 0. The van der Waals surface area contributed by atoms with Gasteiger partial charge in [0.15, 0.2) is 11.1 Å². The summed E-state index contributed by atoms with van der Waals surface area (Å²) in [6.45, 7) is 2.06. The van der Waals surface area contributed by atoms with E-state index < -0.39 is 65.4 Å². The van der Waals surface area contributed by atoms with Crippen molar-refractivity contribution in [3.8, 4) is 11.1 Å². The minimum Gasteiger partial charge on any atom is -0.326 e. The number of nitro groups is 4. The highest BCUT2D eigenvalue weighted by atomic mass is 16.6. The Morgan fingerprint density at radius 1 is 0.594 bits per heavy atom. The van der Waals surface area contributed by atoms with Crippen molar-refractivity contribution >= 4 is 45.9 Å². The molecule has 16 nitrogen and oxygen atoms in total. The third-order valence-electron chi connectivity index (χ3n) is 3.87. The van der Waals surface area contributed by atoms with E-state index in [-0.39, 0.29) is 11.4 Å². The zero-order chi connectivity index (χ0) is 24.3. The standard InChI is InChI=1S/C16H12N6O10/c1-7(23)17-9-3-11(19(25)26)15(12(4-9)20(27)28)16-13(21(29)30)5-10(18-8(2)24)6-14(16)22(31)32/h3-6H,1-2H3,(H,17,23)(H,18,24). The molecule has 0 aliphatic heterocycles. The molecule has 0 radical (unpaired) electrons. The van der Waals surface area contributed by atoms with E-state index in [4.69, 9.17) is 0 Å². The van der Waals surface area contributed by atoms with Crippen molar-refractivity contribution in [2.45, 2.75) is 13.8 Å². The summed E-state index contributed by atoms with van der Waals surface area (Å²) in [6, 6.07) is 2.72. The maximum Gasteiger partial charge on any atom is 0.286 e. The largest absolute Gasteiger partial charge is 0.326 e. The summed E-state index contributed by atoms with van der Waals surface area (Å²) >= 11 is 0. The van der Waals surface area contributed by atoms with Crippen LogP contribution in [0.25, 0.3) is 11.1 Å². The normalized spacial score (nSPS) is 10.2. The lowest BCUT2D eigenvalue weighted by atomic mass is 9.96. The zero-order valence-electron chi connectivity index (χ0n) is 16.2. The molecule has 0 saturated carbocycles. The van der Waals surface area contributed by atoms with Crippen molar-refractivity contribution in [3.05, 3.63) is 64.7 Å². The summed E-state index contributed by atoms with van der Waals surface area (Å²) in [6.07, 6.45) is 0. The van der Waals surface area contributed by atoms with Crippen LogP contribution in [0.5, 0.6) is 0 Å². The van der Waals surface area contributed by atoms with E-state index in [0.717, 1.165) is 13.8 Å². The van der Waals surface area contributed by atoms with Gasteiger partial charge in [-0.05, 0) is 0 Å². The van der Waals surface area contributed by atoms with Crippen LogP contribution in [0.3, 0.4) is 0 Å². The van der Waals surface area contributed by atoms with Gasteiger partial charge in [0.25, 0.3) is 22.7 Å². The zero-order valence-corrected chi connectivity index (χ0v) is 16.2. The molecule has 0 bridgehead atoms. The topological polar surface area (TPSA) is 231 Å². The molecule has 32 heavy (non-hydrogen) atoms. The van der Waals surface area contributed by atoms with Gasteiger partial charge in [0, 0.05) is 38.1 Å². The second-order valence-corrected chi connectivity index (χ2v) is 6.17. The van der Waals surface area contributed by atoms with Crippen LogP contribution in [0.2, 0.25) is 0 Å². The molecular formula is C16H12N6O10. The lowest BCUT2D eigenvalue weighted by Gasteiger charge is -2.11. The number of hydrogen-bond acceptors (Lipinski definition) is 10. The molecule has 0 aliphatic carbocycles. The van der Waals surface area contributed by atoms with Crippen LogP contribution in [0.4, 0.5) is 34.1 Å². The first-order chi connectivity index (χ1) is 14.8. The number of amides is 2. The minimum absolute atomic E-state index is 0.375. The molecule has 2 rings (SSSR count). The Hall–Kier alpha value is -5.02. The maximum atomic E-state index is 11.7. The number of nitrogens with one attached hydrogen (secondary N) is 2. The van der Waals surface area contributed by atoms with E-state index in [0.29, 0.717) is 24.3 Å². The Morgan fingerprint density at radius 3 is 0.969 bits per heavy atom. The molecule has 0 heterocycles. The maximum absolute atomic E-state index is 11.7. The molecule has 0 aromatic heterocycles. The number of hydrogen-bond donors (Lipinski definition) is 2. The van der Waals surface area contributed by atoms with Gasteiger partial charge in [0.2, 0.25) is 11.8 Å². The molecule has 2 N–H and O–H groups in total. The van der Waals surface area contributed by atoms with Crippen LogP contribution >= 0.6 is 0 Å². The fourth-order valence-corrected chi connectivity index (χ4v) is 2.86. The van der Waals surface area contributed by atoms with Gasteiger partial charge in [0.1, 0.15) is 0 Å². The Bertz CT molecular complexity index is 1040. The molecular weight excluding hydrogens is 436 g/mol. The number of carbonyl (C=O) groups is 2. The molecule has 0 unspecified atom stereocenters. The predicted molar refractivity (Wildman–Crippen MR) is 107 cm³/mol. The minimum atomic E-state index is -1.14. The quantitative estimate of drug-likeness (QED) is 0.464. The third kappa shape index (κ3) is 4.75. The average molecular weight is 448 g/mol. The van der Waals surface area contributed by atoms with Crippen molar-refractivity contribution in [1.82, 2.24) is 0 Å². The predicted octanol–water partition coefficient (Wildman–Crippen LogP) is 2.90. The van der Waals surface area contributed by atoms with Crippen LogP contribution in [-0.4, -0.2) is 31.5 Å². The first-order valence-electron chi connectivity index (χ1n) is 8.32. The molecule has 166 valence electrons. The summed E-state index contributed by atoms with van der Waals surface area (Å²) in [5, 5.41) is 50.9. The number of nitrogens with zero attached hydrogens (tertiary/aromatic N) is 4. The Kier molecular flexibility index (Phi) is 6.38. The lowest BCUT2D eigenvalue weighted by Crippen LogP contribution is -2.10. The lowest BCUT2D eigenvalue weighted by molar-refractivity contribution is -0.397. The second-order valence-electron chi connectivity index (χ2n) is 6.17. The molecule has 0 spiro atoms. The fraction of sp³-hybridized carbons (Fsp3) is 0.125. The number of nitro benzene ring substituents is 4. The van der Waals surface area contributed by atoms with Crippen molar-refractivity contribution in [3.63, 3.8) is 0 Å². The highest BCUT2D eigenvalue weighted by Crippen LogP contribution is 2.49. The van der Waals surface area contributed by atoms with Gasteiger partial charge in [-0.25, -0.2) is 0 Å². The Morgan fingerprint density at radius 2 is 0.812 bits per heavy atom. The van der Waals surface area contributed by atoms with Crippen molar-refractivity contribution < 1.29 is 29.3 Å². The summed E-state index contributed by atoms with van der Waals surface area (Å²) in [5.41, 5.74) is -7.16. The summed E-state index contributed by atoms with van der Waals surface area (Å²) < 4.78 is 0. The van der Waals surface area contributed by atoms with Gasteiger partial charge < -0.3 is 10.6 Å². The van der Waals surface area contributed by atoms with E-state index in [2.05, 4.69) is 10.6 Å². The first-order valence-corrected chi connectivity index (χ1v) is 8.32. The number of rotatable bonds is 7. The van der Waals surface area contributed by atoms with Gasteiger partial charge in [-0.2, -0.15) is 0 Å². The van der Waals surface area contributed by atoms with Crippen LogP contribution in [0.15, 0.2) is 24.3 Å². The molecule has 0 saturated heterocycles. The van der Waals surface area contributed by atoms with Crippen LogP contribution in [-0.2, 0) is 9.59 Å². The highest BCUT2D eigenvalue weighted by molar-refractivity contribution is 5.99. The van der Waals surface area contributed by atoms with Crippen LogP contribution in [0.1, 0.15) is 13.8 Å². The van der Waals surface area contributed by atoms with E-state index in [1.807, 2.05) is 0 Å². The van der Waals surface area contributed by atoms with E-state index in [9.17, 15) is 50.0 Å². The smallest absolute Gasteiger partial charge is 0.286 e. The fourth-order valence-electron chi connectivity index (χ4n) is 2.86. The molecule has 0 fully saturated rings. The third-order valence-corrected chi connectivity index (χ3v) is 3.87. The average Bonchev–Trinajstić information content (AvgIpc) is 2.65. The van der Waals surface area contributed by atoms with Gasteiger partial charge in [-0.15, -0.1) is 0 Å². The summed E-state index contributed by atoms with van der Waals surface area (Å²) in [5.74, 6) is -1.45. The Labute approximate surface area is 176 Å². The molecule has 0 atom stereocenters. The molecule has 16 heteroatoms. The van der Waals surface area contributed by atoms with E-state index in [1.165, 1.54) is 0 Å². The van der Waals surface area contributed by atoms with Gasteiger partial charge in [0.05, 0.1) is 31.1 Å². The first kappa shape index (κ1) is 23.3. The second kappa shape index (κ2) is 8.78. The summed E-state index contributed by atoms with van der Waals surface area (Å²) in [4.78, 5) is 64.6. The van der Waals surface area contributed by atoms with Gasteiger partial charge in [-0.3, -0.25) is 50.0 Å². The number of anilines is 2. The molecule has 2 aromatic carbocycles. The van der Waals surface area contributed by atoms with Gasteiger partial charge in [-0.1, -0.05) is 0 Å². The van der Waals surface area contributed by atoms with Crippen molar-refractivity contribution in [1.29, 1.82) is 0 Å². The van der Waals surface area contributed by atoms with E-state index >= 15 is 0 Å². The van der Waals surface area contributed by atoms with Crippen LogP contribution < -0.4 is 10.6 Å². The monoisotopic (exact) mass is 448 g/mol. The number of benzene rings is 2. The van der Waals surface area contributed by atoms with Crippen molar-refractivity contribution in [2.24, 2.45) is 0 Å². The van der Waals surface area contributed by atoms with Crippen LogP contribution in [0, 0.1) is 40.5 Å². The molecule has 0 aliphatic rings. The SMILES string of the molecule is CC(=O)Nc1cc([N+](=O)[O-])c(-c2c([N+](=O)[O-])cc(NC(C)=O)cc2[N+](=O)[O-])c([N+](=O)[O-])c1.